The molecule has 10 heteroatoms. The van der Waals surface area contributed by atoms with Gasteiger partial charge in [0.05, 0.1) is 12.7 Å². The zero-order valence-electron chi connectivity index (χ0n) is 17.5. The van der Waals surface area contributed by atoms with Crippen molar-refractivity contribution in [2.24, 2.45) is 7.05 Å². The molecule has 2 aliphatic heterocycles. The highest BCUT2D eigenvalue weighted by atomic mass is 16.3. The number of imide groups is 1. The summed E-state index contributed by atoms with van der Waals surface area (Å²) in [6, 6.07) is 10.1. The summed E-state index contributed by atoms with van der Waals surface area (Å²) in [5.41, 5.74) is 2.67. The maximum absolute atomic E-state index is 13.3. The minimum atomic E-state index is -1.55. The molecule has 2 N–H and O–H groups in total. The van der Waals surface area contributed by atoms with Crippen LogP contribution >= 0.6 is 0 Å². The molecule has 0 spiro atoms. The number of urea groups is 1. The van der Waals surface area contributed by atoms with Crippen molar-refractivity contribution in [3.8, 4) is 11.1 Å². The molecule has 1 unspecified atom stereocenters. The van der Waals surface area contributed by atoms with Crippen LogP contribution in [0.1, 0.15) is 21.7 Å². The highest BCUT2D eigenvalue weighted by Gasteiger charge is 2.53. The van der Waals surface area contributed by atoms with Crippen molar-refractivity contribution < 1.29 is 18.8 Å². The number of nitrogens with zero attached hydrogens (tertiary/aromatic N) is 4. The van der Waals surface area contributed by atoms with Crippen molar-refractivity contribution in [1.82, 2.24) is 30.3 Å². The zero-order valence-corrected chi connectivity index (χ0v) is 17.5. The van der Waals surface area contributed by atoms with Gasteiger partial charge in [-0.05, 0) is 29.3 Å². The molecule has 0 saturated carbocycles. The first-order chi connectivity index (χ1) is 15.9. The second-order valence-corrected chi connectivity index (χ2v) is 8.25. The lowest BCUT2D eigenvalue weighted by molar-refractivity contribution is -0.125. The predicted octanol–water partition coefficient (Wildman–Crippen LogP) is 1.92. The average molecular weight is 442 g/mol. The fraction of sp³-hybridized carbons (Fsp3) is 0.174. The number of hydrogen-bond donors (Lipinski definition) is 2. The molecule has 3 aromatic heterocycles. The third kappa shape index (κ3) is 2.91. The minimum Gasteiger partial charge on any atom is -0.456 e. The number of furan rings is 1. The van der Waals surface area contributed by atoms with Crippen LogP contribution in [0.4, 0.5) is 4.79 Å². The Morgan fingerprint density at radius 2 is 2.03 bits per heavy atom. The fourth-order valence-corrected chi connectivity index (χ4v) is 4.46. The van der Waals surface area contributed by atoms with Gasteiger partial charge in [0.25, 0.3) is 11.8 Å². The van der Waals surface area contributed by atoms with Crippen molar-refractivity contribution in [2.75, 3.05) is 6.54 Å². The molecule has 0 aliphatic carbocycles. The van der Waals surface area contributed by atoms with E-state index >= 15 is 0 Å². The lowest BCUT2D eigenvalue weighted by Crippen LogP contribution is -2.52. The summed E-state index contributed by atoms with van der Waals surface area (Å²) in [6.07, 6.45) is 5.23. The van der Waals surface area contributed by atoms with E-state index in [4.69, 9.17) is 4.42 Å². The lowest BCUT2D eigenvalue weighted by Gasteiger charge is -2.28. The van der Waals surface area contributed by atoms with E-state index < -0.39 is 17.5 Å². The van der Waals surface area contributed by atoms with E-state index in [1.807, 2.05) is 31.4 Å². The molecule has 1 atom stereocenters. The van der Waals surface area contributed by atoms with Gasteiger partial charge in [-0.3, -0.25) is 24.6 Å². The Balaban J connectivity index is 1.36. The number of amides is 4. The number of carbonyl (C=O) groups excluding carboxylic acids is 3. The topological polar surface area (TPSA) is 122 Å². The Kier molecular flexibility index (Phi) is 3.94. The van der Waals surface area contributed by atoms with Crippen LogP contribution in [0.15, 0.2) is 59.4 Å². The molecule has 33 heavy (non-hydrogen) atoms. The van der Waals surface area contributed by atoms with E-state index in [-0.39, 0.29) is 18.2 Å². The van der Waals surface area contributed by atoms with E-state index in [2.05, 4.69) is 20.7 Å². The second kappa shape index (κ2) is 6.76. The summed E-state index contributed by atoms with van der Waals surface area (Å²) in [7, 11) is 1.83. The summed E-state index contributed by atoms with van der Waals surface area (Å²) in [5, 5.41) is 9.15. The number of rotatable bonds is 4. The Morgan fingerprint density at radius 3 is 2.76 bits per heavy atom. The molecule has 5 heterocycles. The van der Waals surface area contributed by atoms with Crippen LogP contribution in [-0.4, -0.2) is 44.1 Å². The summed E-state index contributed by atoms with van der Waals surface area (Å²) in [6.45, 7) is 0.227. The van der Waals surface area contributed by atoms with Crippen molar-refractivity contribution in [2.45, 2.75) is 12.1 Å². The van der Waals surface area contributed by atoms with Crippen LogP contribution in [-0.2, 0) is 23.9 Å². The van der Waals surface area contributed by atoms with Gasteiger partial charge < -0.3 is 14.6 Å². The molecule has 10 nitrogen and oxygen atoms in total. The number of carbonyl (C=O) groups is 3. The van der Waals surface area contributed by atoms with Crippen LogP contribution in [0.3, 0.4) is 0 Å². The van der Waals surface area contributed by atoms with Gasteiger partial charge in [-0.15, -0.1) is 0 Å². The summed E-state index contributed by atoms with van der Waals surface area (Å²) >= 11 is 0. The van der Waals surface area contributed by atoms with Crippen molar-refractivity contribution in [3.05, 3.63) is 71.9 Å². The van der Waals surface area contributed by atoms with E-state index in [1.54, 1.807) is 40.2 Å². The van der Waals surface area contributed by atoms with E-state index in [1.165, 1.54) is 0 Å². The Morgan fingerprint density at radius 1 is 1.15 bits per heavy atom. The molecule has 1 fully saturated rings. The smallest absolute Gasteiger partial charge is 0.322 e. The fourth-order valence-electron chi connectivity index (χ4n) is 4.46. The van der Waals surface area contributed by atoms with E-state index in [9.17, 15) is 14.4 Å². The monoisotopic (exact) mass is 442 g/mol. The maximum Gasteiger partial charge on any atom is 0.322 e. The number of pyridine rings is 1. The number of aromatic nitrogens is 3. The molecule has 4 amide bonds. The third-order valence-corrected chi connectivity index (χ3v) is 6.10. The number of nitrogens with one attached hydrogen (secondary N) is 2. The van der Waals surface area contributed by atoms with E-state index in [0.29, 0.717) is 23.2 Å². The highest BCUT2D eigenvalue weighted by Crippen LogP contribution is 2.34. The molecule has 2 aliphatic rings. The molecular formula is C23H18N6O4. The van der Waals surface area contributed by atoms with Crippen LogP contribution in [0.5, 0.6) is 0 Å². The Hall–Kier alpha value is -4.47. The van der Waals surface area contributed by atoms with Gasteiger partial charge in [-0.25, -0.2) is 4.79 Å². The first-order valence-electron chi connectivity index (χ1n) is 10.3. The molecule has 164 valence electrons. The summed E-state index contributed by atoms with van der Waals surface area (Å²) in [4.78, 5) is 44.2. The van der Waals surface area contributed by atoms with Crippen LogP contribution in [0, 0.1) is 0 Å². The number of hydrogen-bond acceptors (Lipinski definition) is 6. The first-order valence-corrected chi connectivity index (χ1v) is 10.3. The Bertz CT molecular complexity index is 1440. The molecule has 4 aromatic rings. The predicted molar refractivity (Wildman–Crippen MR) is 116 cm³/mol. The van der Waals surface area contributed by atoms with Gasteiger partial charge in [0.15, 0.2) is 11.1 Å². The van der Waals surface area contributed by atoms with Gasteiger partial charge in [-0.1, -0.05) is 12.1 Å². The first kappa shape index (κ1) is 19.2. The van der Waals surface area contributed by atoms with Crippen LogP contribution in [0.2, 0.25) is 0 Å². The van der Waals surface area contributed by atoms with Crippen LogP contribution in [0.25, 0.3) is 22.2 Å². The van der Waals surface area contributed by atoms with Gasteiger partial charge in [0, 0.05) is 43.2 Å². The molecule has 1 aromatic carbocycles. The zero-order chi connectivity index (χ0) is 22.7. The molecule has 1 saturated heterocycles. The second-order valence-electron chi connectivity index (χ2n) is 8.25. The SMILES string of the molecule is Cn1cc(-c2ccc3c(c2)C(=O)N(CC2(c4cc5ncccc5o4)NC(=O)NC2=O)C3)cn1. The van der Waals surface area contributed by atoms with Gasteiger partial charge in [0.2, 0.25) is 0 Å². The molecule has 0 radical (unpaired) electrons. The third-order valence-electron chi connectivity index (χ3n) is 6.10. The maximum atomic E-state index is 13.3. The molecule has 6 rings (SSSR count). The number of aryl methyl sites for hydroxylation is 1. The largest absolute Gasteiger partial charge is 0.456 e. The number of benzene rings is 1. The summed E-state index contributed by atoms with van der Waals surface area (Å²) in [5.74, 6) is -0.580. The Labute approximate surface area is 187 Å². The molecule has 0 bridgehead atoms. The lowest BCUT2D eigenvalue weighted by atomic mass is 9.95. The van der Waals surface area contributed by atoms with Crippen LogP contribution < -0.4 is 10.6 Å². The number of fused-ring (bicyclic) bond motifs is 2. The van der Waals surface area contributed by atoms with Crippen molar-refractivity contribution in [3.63, 3.8) is 0 Å². The molecular weight excluding hydrogens is 424 g/mol. The standard InChI is InChI=1S/C23H18N6O4/c1-28-10-15(9-25-28)13-4-5-14-11-29(20(30)16(14)7-13)12-23(21(31)26-22(32)27-23)19-8-17-18(33-19)3-2-6-24-17/h2-10H,11-12H2,1H3,(H2,26,27,31,32). The van der Waals surface area contributed by atoms with Crippen molar-refractivity contribution >= 4 is 28.9 Å². The van der Waals surface area contributed by atoms with Gasteiger partial charge in [-0.2, -0.15) is 5.10 Å². The van der Waals surface area contributed by atoms with Crippen molar-refractivity contribution in [1.29, 1.82) is 0 Å². The average Bonchev–Trinajstić information content (AvgIpc) is 3.55. The highest BCUT2D eigenvalue weighted by molar-refractivity contribution is 6.08. The normalized spacial score (nSPS) is 19.8. The van der Waals surface area contributed by atoms with Gasteiger partial charge in [0.1, 0.15) is 11.3 Å². The minimum absolute atomic E-state index is 0.0832. The van der Waals surface area contributed by atoms with Gasteiger partial charge >= 0.3 is 6.03 Å². The van der Waals surface area contributed by atoms with E-state index in [0.717, 1.165) is 16.7 Å². The summed E-state index contributed by atoms with van der Waals surface area (Å²) < 4.78 is 7.59. The quantitative estimate of drug-likeness (QED) is 0.466.